The van der Waals surface area contributed by atoms with Gasteiger partial charge in [0.05, 0.1) is 5.60 Å². The van der Waals surface area contributed by atoms with Gasteiger partial charge in [-0.25, -0.2) is 4.39 Å². The van der Waals surface area contributed by atoms with E-state index in [1.807, 2.05) is 18.2 Å². The lowest BCUT2D eigenvalue weighted by atomic mass is 9.87. The first kappa shape index (κ1) is 14.7. The van der Waals surface area contributed by atoms with Crippen LogP contribution in [0.1, 0.15) is 37.0 Å². The van der Waals surface area contributed by atoms with E-state index in [1.165, 1.54) is 11.6 Å². The maximum atomic E-state index is 13.7. The maximum Gasteiger partial charge on any atom is 0.126 e. The quantitative estimate of drug-likeness (QED) is 0.863. The van der Waals surface area contributed by atoms with E-state index in [0.717, 1.165) is 18.4 Å². The molecule has 1 nitrogen and oxygen atoms in total. The number of aliphatic hydroxyl groups is 1. The van der Waals surface area contributed by atoms with Gasteiger partial charge in [0.2, 0.25) is 0 Å². The minimum Gasteiger partial charge on any atom is -0.385 e. The number of hydrogen-bond donors (Lipinski definition) is 1. The van der Waals surface area contributed by atoms with Crippen molar-refractivity contribution in [2.24, 2.45) is 0 Å². The third kappa shape index (κ3) is 3.45. The first-order chi connectivity index (χ1) is 9.53. The molecule has 2 heteroatoms. The molecule has 0 fully saturated rings. The predicted octanol–water partition coefficient (Wildman–Crippen LogP) is 4.23. The fourth-order valence-electron chi connectivity index (χ4n) is 2.47. The van der Waals surface area contributed by atoms with E-state index in [-0.39, 0.29) is 12.2 Å². The molecule has 0 bridgehead atoms. The number of aryl methyl sites for hydroxylation is 1. The summed E-state index contributed by atoms with van der Waals surface area (Å²) in [6.07, 6.45) is 2.33. The molecule has 0 aliphatic rings. The number of halogens is 1. The first-order valence-corrected chi connectivity index (χ1v) is 7.08. The van der Waals surface area contributed by atoms with Crippen LogP contribution in [0.4, 0.5) is 4.39 Å². The average Bonchev–Trinajstić information content (AvgIpc) is 2.42. The summed E-state index contributed by atoms with van der Waals surface area (Å²) in [5.74, 6) is -0.266. The molecule has 0 aromatic heterocycles. The van der Waals surface area contributed by atoms with Gasteiger partial charge in [-0.3, -0.25) is 0 Å². The van der Waals surface area contributed by atoms with Gasteiger partial charge in [-0.15, -0.1) is 0 Å². The Hall–Kier alpha value is -1.67. The molecule has 1 N–H and O–H groups in total. The van der Waals surface area contributed by atoms with Crippen molar-refractivity contribution >= 4 is 0 Å². The van der Waals surface area contributed by atoms with Gasteiger partial charge < -0.3 is 5.11 Å². The third-order valence-electron chi connectivity index (χ3n) is 3.58. The van der Waals surface area contributed by atoms with E-state index in [9.17, 15) is 9.50 Å². The minimum atomic E-state index is -1.06. The summed E-state index contributed by atoms with van der Waals surface area (Å²) >= 11 is 0. The lowest BCUT2D eigenvalue weighted by molar-refractivity contribution is 0.0566. The lowest BCUT2D eigenvalue weighted by Crippen LogP contribution is -2.25. The molecule has 0 saturated heterocycles. The van der Waals surface area contributed by atoms with Crippen molar-refractivity contribution in [3.8, 4) is 0 Å². The van der Waals surface area contributed by atoms with E-state index >= 15 is 0 Å². The smallest absolute Gasteiger partial charge is 0.126 e. The monoisotopic (exact) mass is 272 g/mol. The standard InChI is InChI=1S/C18H21FO/c1-3-7-14-8-6-10-16(12-14)18(2,20)13-15-9-4-5-11-17(15)19/h4-6,8-12,20H,3,7,13H2,1-2H3. The molecule has 0 aliphatic heterocycles. The highest BCUT2D eigenvalue weighted by Gasteiger charge is 2.25. The van der Waals surface area contributed by atoms with Crippen LogP contribution in [0.5, 0.6) is 0 Å². The zero-order valence-corrected chi connectivity index (χ0v) is 12.1. The molecule has 0 amide bonds. The highest BCUT2D eigenvalue weighted by atomic mass is 19.1. The van der Waals surface area contributed by atoms with E-state index in [0.29, 0.717) is 5.56 Å². The number of rotatable bonds is 5. The van der Waals surface area contributed by atoms with Gasteiger partial charge in [-0.05, 0) is 36.1 Å². The Morgan fingerprint density at radius 3 is 2.55 bits per heavy atom. The fourth-order valence-corrected chi connectivity index (χ4v) is 2.47. The summed E-state index contributed by atoms with van der Waals surface area (Å²) in [6, 6.07) is 14.5. The van der Waals surface area contributed by atoms with Gasteiger partial charge in [0.1, 0.15) is 5.82 Å². The van der Waals surface area contributed by atoms with Crippen LogP contribution < -0.4 is 0 Å². The molecule has 0 spiro atoms. The second-order valence-corrected chi connectivity index (χ2v) is 5.49. The van der Waals surface area contributed by atoms with Crippen LogP contribution in [0, 0.1) is 5.82 Å². The molecule has 1 atom stereocenters. The molecule has 106 valence electrons. The largest absolute Gasteiger partial charge is 0.385 e. The molecular formula is C18H21FO. The molecule has 1 unspecified atom stereocenters. The third-order valence-corrected chi connectivity index (χ3v) is 3.58. The predicted molar refractivity (Wildman–Crippen MR) is 80.1 cm³/mol. The summed E-state index contributed by atoms with van der Waals surface area (Å²) < 4.78 is 13.7. The van der Waals surface area contributed by atoms with Gasteiger partial charge >= 0.3 is 0 Å². The summed E-state index contributed by atoms with van der Waals surface area (Å²) in [4.78, 5) is 0. The summed E-state index contributed by atoms with van der Waals surface area (Å²) in [5.41, 5.74) is 1.52. The van der Waals surface area contributed by atoms with E-state index in [2.05, 4.69) is 13.0 Å². The van der Waals surface area contributed by atoms with E-state index < -0.39 is 5.60 Å². The Balaban J connectivity index is 2.25. The van der Waals surface area contributed by atoms with Crippen molar-refractivity contribution in [2.45, 2.75) is 38.7 Å². The maximum absolute atomic E-state index is 13.7. The van der Waals surface area contributed by atoms with Gasteiger partial charge in [0.15, 0.2) is 0 Å². The van der Waals surface area contributed by atoms with Gasteiger partial charge in [-0.1, -0.05) is 55.8 Å². The van der Waals surface area contributed by atoms with Crippen molar-refractivity contribution in [3.63, 3.8) is 0 Å². The van der Waals surface area contributed by atoms with Gasteiger partial charge in [0, 0.05) is 6.42 Å². The molecule has 0 radical (unpaired) electrons. The second-order valence-electron chi connectivity index (χ2n) is 5.49. The van der Waals surface area contributed by atoms with Crippen LogP contribution in [-0.4, -0.2) is 5.11 Å². The first-order valence-electron chi connectivity index (χ1n) is 7.08. The van der Waals surface area contributed by atoms with Crippen LogP contribution in [-0.2, 0) is 18.4 Å². The molecule has 0 heterocycles. The summed E-state index contributed by atoms with van der Waals surface area (Å²) in [7, 11) is 0. The zero-order valence-electron chi connectivity index (χ0n) is 12.1. The number of hydrogen-bond acceptors (Lipinski definition) is 1. The SMILES string of the molecule is CCCc1cccc(C(C)(O)Cc2ccccc2F)c1. The molecule has 2 aromatic carbocycles. The molecule has 20 heavy (non-hydrogen) atoms. The van der Waals surface area contributed by atoms with Crippen LogP contribution in [0.25, 0.3) is 0 Å². The van der Waals surface area contributed by atoms with Crippen molar-refractivity contribution in [1.82, 2.24) is 0 Å². The van der Waals surface area contributed by atoms with E-state index in [1.54, 1.807) is 25.1 Å². The Kier molecular flexibility index (Phi) is 4.56. The molecular weight excluding hydrogens is 251 g/mol. The Bertz CT molecular complexity index is 575. The van der Waals surface area contributed by atoms with Gasteiger partial charge in [0.25, 0.3) is 0 Å². The van der Waals surface area contributed by atoms with Crippen molar-refractivity contribution in [3.05, 3.63) is 71.0 Å². The van der Waals surface area contributed by atoms with Crippen molar-refractivity contribution in [1.29, 1.82) is 0 Å². The zero-order chi connectivity index (χ0) is 14.6. The summed E-state index contributed by atoms with van der Waals surface area (Å²) in [6.45, 7) is 3.87. The van der Waals surface area contributed by atoms with Gasteiger partial charge in [-0.2, -0.15) is 0 Å². The Morgan fingerprint density at radius 2 is 1.85 bits per heavy atom. The molecule has 2 rings (SSSR count). The van der Waals surface area contributed by atoms with Crippen LogP contribution >= 0.6 is 0 Å². The van der Waals surface area contributed by atoms with E-state index in [4.69, 9.17) is 0 Å². The van der Waals surface area contributed by atoms with Crippen LogP contribution in [0.2, 0.25) is 0 Å². The normalized spacial score (nSPS) is 14.0. The van der Waals surface area contributed by atoms with Crippen molar-refractivity contribution in [2.75, 3.05) is 0 Å². The molecule has 2 aromatic rings. The average molecular weight is 272 g/mol. The Labute approximate surface area is 120 Å². The minimum absolute atomic E-state index is 0.266. The topological polar surface area (TPSA) is 20.2 Å². The highest BCUT2D eigenvalue weighted by Crippen LogP contribution is 2.27. The van der Waals surface area contributed by atoms with Crippen LogP contribution in [0.15, 0.2) is 48.5 Å². The second kappa shape index (κ2) is 6.19. The fraction of sp³-hybridized carbons (Fsp3) is 0.333. The molecule has 0 aliphatic carbocycles. The summed E-state index contributed by atoms with van der Waals surface area (Å²) in [5, 5.41) is 10.7. The molecule has 0 saturated carbocycles. The number of benzene rings is 2. The lowest BCUT2D eigenvalue weighted by Gasteiger charge is -2.25. The highest BCUT2D eigenvalue weighted by molar-refractivity contribution is 5.30. The van der Waals surface area contributed by atoms with Crippen LogP contribution in [0.3, 0.4) is 0 Å². The Morgan fingerprint density at radius 1 is 1.10 bits per heavy atom. The van der Waals surface area contributed by atoms with Crippen molar-refractivity contribution < 1.29 is 9.50 Å².